The van der Waals surface area contributed by atoms with Crippen molar-refractivity contribution in [3.8, 4) is 11.8 Å². The van der Waals surface area contributed by atoms with Crippen LogP contribution in [-0.4, -0.2) is 4.98 Å². The number of aromatic nitrogens is 1. The lowest BCUT2D eigenvalue weighted by molar-refractivity contribution is 1.29. The first kappa shape index (κ1) is 9.48. The highest BCUT2D eigenvalue weighted by molar-refractivity contribution is 5.40. The molecule has 1 nitrogen and oxygen atoms in total. The maximum absolute atomic E-state index is 4.14. The molecule has 0 aliphatic heterocycles. The average molecular weight is 193 g/mol. The van der Waals surface area contributed by atoms with Crippen LogP contribution in [0.4, 0.5) is 0 Å². The van der Waals surface area contributed by atoms with E-state index in [1.165, 1.54) is 5.56 Å². The minimum Gasteiger partial charge on any atom is -0.248 e. The van der Waals surface area contributed by atoms with Crippen molar-refractivity contribution in [2.24, 2.45) is 0 Å². The highest BCUT2D eigenvalue weighted by Gasteiger charge is 1.87. The first-order valence-electron chi connectivity index (χ1n) is 4.84. The Bertz CT molecular complexity index is 486. The van der Waals surface area contributed by atoms with E-state index < -0.39 is 0 Å². The van der Waals surface area contributed by atoms with Gasteiger partial charge in [-0.1, -0.05) is 29.7 Å². The molecule has 0 N–H and O–H groups in total. The minimum atomic E-state index is 0.804. The summed E-state index contributed by atoms with van der Waals surface area (Å²) < 4.78 is 0. The summed E-state index contributed by atoms with van der Waals surface area (Å²) in [5.74, 6) is 6.09. The lowest BCUT2D eigenvalue weighted by atomic mass is 10.1. The molecule has 1 heteroatoms. The third kappa shape index (κ3) is 2.69. The molecular weight excluding hydrogens is 182 g/mol. The van der Waals surface area contributed by atoms with Crippen molar-refractivity contribution in [1.82, 2.24) is 4.98 Å². The first-order chi connectivity index (χ1) is 7.34. The molecule has 1 aromatic carbocycles. The van der Waals surface area contributed by atoms with Crippen molar-refractivity contribution in [2.45, 2.75) is 6.92 Å². The second-order valence-electron chi connectivity index (χ2n) is 3.33. The van der Waals surface area contributed by atoms with Gasteiger partial charge < -0.3 is 0 Å². The van der Waals surface area contributed by atoms with Crippen LogP contribution in [0.15, 0.2) is 48.7 Å². The van der Waals surface area contributed by atoms with Crippen LogP contribution in [-0.2, 0) is 0 Å². The van der Waals surface area contributed by atoms with Gasteiger partial charge in [0, 0.05) is 11.8 Å². The molecule has 0 fully saturated rings. The average Bonchev–Trinajstić information content (AvgIpc) is 2.30. The molecule has 0 aliphatic rings. The van der Waals surface area contributed by atoms with Gasteiger partial charge in [0.05, 0.1) is 0 Å². The van der Waals surface area contributed by atoms with Crippen molar-refractivity contribution >= 4 is 0 Å². The minimum absolute atomic E-state index is 0.804. The van der Waals surface area contributed by atoms with Crippen LogP contribution in [0.5, 0.6) is 0 Å². The summed E-state index contributed by atoms with van der Waals surface area (Å²) >= 11 is 0. The van der Waals surface area contributed by atoms with Gasteiger partial charge in [0.2, 0.25) is 0 Å². The van der Waals surface area contributed by atoms with E-state index in [0.717, 1.165) is 11.3 Å². The zero-order valence-corrected chi connectivity index (χ0v) is 8.57. The second kappa shape index (κ2) is 4.43. The molecule has 1 aromatic heterocycles. The highest BCUT2D eigenvalue weighted by atomic mass is 14.6. The topological polar surface area (TPSA) is 12.9 Å². The molecule has 72 valence electrons. The third-order valence-electron chi connectivity index (χ3n) is 2.05. The Hall–Kier alpha value is -2.07. The number of aryl methyl sites for hydroxylation is 1. The number of hydrogen-bond acceptors (Lipinski definition) is 1. The van der Waals surface area contributed by atoms with Crippen LogP contribution >= 0.6 is 0 Å². The Kier molecular flexibility index (Phi) is 2.80. The van der Waals surface area contributed by atoms with Crippen molar-refractivity contribution in [3.05, 3.63) is 65.5 Å². The normalized spacial score (nSPS) is 9.13. The van der Waals surface area contributed by atoms with E-state index in [1.807, 2.05) is 30.3 Å². The summed E-state index contributed by atoms with van der Waals surface area (Å²) in [6.07, 6.45) is 1.75. The van der Waals surface area contributed by atoms with E-state index >= 15 is 0 Å². The molecule has 0 saturated carbocycles. The maximum Gasteiger partial charge on any atom is 0.113 e. The Morgan fingerprint density at radius 2 is 1.73 bits per heavy atom. The van der Waals surface area contributed by atoms with Crippen molar-refractivity contribution in [2.75, 3.05) is 0 Å². The molecule has 0 bridgehead atoms. The number of nitrogens with zero attached hydrogens (tertiary/aromatic N) is 1. The van der Waals surface area contributed by atoms with Crippen LogP contribution < -0.4 is 0 Å². The molecule has 0 aliphatic carbocycles. The van der Waals surface area contributed by atoms with Crippen molar-refractivity contribution in [1.29, 1.82) is 0 Å². The fourth-order valence-corrected chi connectivity index (χ4v) is 1.21. The van der Waals surface area contributed by atoms with E-state index in [1.54, 1.807) is 6.20 Å². The highest BCUT2D eigenvalue weighted by Crippen LogP contribution is 2.01. The second-order valence-corrected chi connectivity index (χ2v) is 3.33. The number of benzene rings is 1. The quantitative estimate of drug-likeness (QED) is 0.586. The number of pyridine rings is 1. The summed E-state index contributed by atoms with van der Waals surface area (Å²) in [6, 6.07) is 13.9. The lowest BCUT2D eigenvalue weighted by Crippen LogP contribution is -1.79. The summed E-state index contributed by atoms with van der Waals surface area (Å²) in [4.78, 5) is 4.14. The van der Waals surface area contributed by atoms with Gasteiger partial charge in [-0.05, 0) is 37.1 Å². The number of hydrogen-bond donors (Lipinski definition) is 0. The summed E-state index contributed by atoms with van der Waals surface area (Å²) in [5.41, 5.74) is 3.07. The summed E-state index contributed by atoms with van der Waals surface area (Å²) in [7, 11) is 0. The molecule has 0 atom stereocenters. The Balaban J connectivity index is 2.22. The van der Waals surface area contributed by atoms with Crippen LogP contribution in [0.3, 0.4) is 0 Å². The first-order valence-corrected chi connectivity index (χ1v) is 4.84. The number of rotatable bonds is 0. The maximum atomic E-state index is 4.14. The molecular formula is C14H11N. The van der Waals surface area contributed by atoms with Gasteiger partial charge in [-0.2, -0.15) is 0 Å². The smallest absolute Gasteiger partial charge is 0.113 e. The molecule has 0 radical (unpaired) electrons. The van der Waals surface area contributed by atoms with Gasteiger partial charge in [-0.3, -0.25) is 0 Å². The van der Waals surface area contributed by atoms with Crippen LogP contribution in [0.2, 0.25) is 0 Å². The SMILES string of the molecule is Cc1ccc(C#Cc2ccccn2)cc1. The molecule has 2 aromatic rings. The molecule has 1 heterocycles. The van der Waals surface area contributed by atoms with Crippen LogP contribution in [0.25, 0.3) is 0 Å². The predicted molar refractivity (Wildman–Crippen MR) is 61.4 cm³/mol. The van der Waals surface area contributed by atoms with Crippen molar-refractivity contribution < 1.29 is 0 Å². The van der Waals surface area contributed by atoms with Gasteiger partial charge in [0.1, 0.15) is 5.69 Å². The standard InChI is InChI=1S/C14H11N/c1-12-5-7-13(8-6-12)9-10-14-4-2-3-11-15-14/h2-8,11H,1H3. The van der Waals surface area contributed by atoms with E-state index in [-0.39, 0.29) is 0 Å². The van der Waals surface area contributed by atoms with Crippen molar-refractivity contribution in [3.63, 3.8) is 0 Å². The molecule has 0 saturated heterocycles. The molecule has 0 unspecified atom stereocenters. The van der Waals surface area contributed by atoms with E-state index in [0.29, 0.717) is 0 Å². The zero-order chi connectivity index (χ0) is 10.5. The van der Waals surface area contributed by atoms with E-state index in [9.17, 15) is 0 Å². The predicted octanol–water partition coefficient (Wildman–Crippen LogP) is 2.79. The third-order valence-corrected chi connectivity index (χ3v) is 2.05. The van der Waals surface area contributed by atoms with Gasteiger partial charge >= 0.3 is 0 Å². The Morgan fingerprint density at radius 1 is 0.933 bits per heavy atom. The summed E-state index contributed by atoms with van der Waals surface area (Å²) in [5, 5.41) is 0. The molecule has 15 heavy (non-hydrogen) atoms. The van der Waals surface area contributed by atoms with Crippen LogP contribution in [0, 0.1) is 18.8 Å². The van der Waals surface area contributed by atoms with E-state index in [4.69, 9.17) is 0 Å². The van der Waals surface area contributed by atoms with Gasteiger partial charge in [-0.15, -0.1) is 0 Å². The molecule has 0 spiro atoms. The molecule has 0 amide bonds. The lowest BCUT2D eigenvalue weighted by Gasteiger charge is -1.91. The monoisotopic (exact) mass is 193 g/mol. The van der Waals surface area contributed by atoms with Gasteiger partial charge in [0.15, 0.2) is 0 Å². The van der Waals surface area contributed by atoms with Gasteiger partial charge in [-0.25, -0.2) is 4.98 Å². The molecule has 2 rings (SSSR count). The fraction of sp³-hybridized carbons (Fsp3) is 0.0714. The van der Waals surface area contributed by atoms with E-state index in [2.05, 4.69) is 35.9 Å². The largest absolute Gasteiger partial charge is 0.248 e. The zero-order valence-electron chi connectivity index (χ0n) is 8.57. The van der Waals surface area contributed by atoms with Gasteiger partial charge in [0.25, 0.3) is 0 Å². The summed E-state index contributed by atoms with van der Waals surface area (Å²) in [6.45, 7) is 2.07. The fourth-order valence-electron chi connectivity index (χ4n) is 1.21. The Morgan fingerprint density at radius 3 is 2.40 bits per heavy atom. The van der Waals surface area contributed by atoms with Crippen LogP contribution in [0.1, 0.15) is 16.8 Å². The Labute approximate surface area is 89.8 Å².